The molecule has 1 aromatic heterocycles. The number of nitrogens with zero attached hydrogens (tertiary/aromatic N) is 1. The summed E-state index contributed by atoms with van der Waals surface area (Å²) in [6, 6.07) is 20.2. The Balaban J connectivity index is 1.55. The molecule has 0 aliphatic carbocycles. The Morgan fingerprint density at radius 1 is 0.914 bits per heavy atom. The number of H-pyrrole nitrogens is 1. The van der Waals surface area contributed by atoms with E-state index in [2.05, 4.69) is 17.2 Å². The van der Waals surface area contributed by atoms with Gasteiger partial charge in [-0.2, -0.15) is 0 Å². The lowest BCUT2D eigenvalue weighted by molar-refractivity contribution is -0.129. The Labute approximate surface area is 204 Å². The van der Waals surface area contributed by atoms with E-state index in [1.54, 1.807) is 6.20 Å². The molecule has 5 rings (SSSR count). The van der Waals surface area contributed by atoms with Crippen molar-refractivity contribution in [3.05, 3.63) is 106 Å². The first-order valence-corrected chi connectivity index (χ1v) is 11.8. The molecule has 176 valence electrons. The van der Waals surface area contributed by atoms with Gasteiger partial charge in [0.1, 0.15) is 0 Å². The van der Waals surface area contributed by atoms with E-state index in [-0.39, 0.29) is 12.3 Å². The standard InChI is InChI=1S/C29H27N3O3/c1-4-20-9-8-12-23-24(16-30-26(20)23)25(33)17-32-27(34)29(31-28(32)35,21-10-6-5-7-11-21)22-14-13-18(2)19(3)15-22/h5-16,30H,4,17H2,1-3H3,(H,31,35)/t29-/m0/s1. The maximum atomic E-state index is 14.0. The molecule has 1 atom stereocenters. The number of Topliss-reactive ketones (excluding diaryl/α,β-unsaturated/α-hetero) is 1. The molecule has 1 fully saturated rings. The molecule has 2 heterocycles. The molecule has 0 unspecified atom stereocenters. The molecule has 35 heavy (non-hydrogen) atoms. The van der Waals surface area contributed by atoms with Gasteiger partial charge >= 0.3 is 6.03 Å². The Hall–Kier alpha value is -4.19. The van der Waals surface area contributed by atoms with Gasteiger partial charge in [-0.05, 0) is 48.1 Å². The largest absolute Gasteiger partial charge is 0.360 e. The highest BCUT2D eigenvalue weighted by atomic mass is 16.2. The van der Waals surface area contributed by atoms with Crippen molar-refractivity contribution in [3.8, 4) is 0 Å². The molecule has 0 saturated carbocycles. The van der Waals surface area contributed by atoms with E-state index in [0.29, 0.717) is 16.7 Å². The Morgan fingerprint density at radius 3 is 2.40 bits per heavy atom. The first kappa shape index (κ1) is 22.6. The van der Waals surface area contributed by atoms with E-state index in [4.69, 9.17) is 0 Å². The van der Waals surface area contributed by atoms with Gasteiger partial charge in [0.2, 0.25) is 0 Å². The molecule has 0 bridgehead atoms. The van der Waals surface area contributed by atoms with Crippen molar-refractivity contribution in [2.24, 2.45) is 0 Å². The van der Waals surface area contributed by atoms with Crippen LogP contribution in [0.5, 0.6) is 0 Å². The zero-order valence-electron chi connectivity index (χ0n) is 20.0. The van der Waals surface area contributed by atoms with Crippen LogP contribution in [0.15, 0.2) is 72.9 Å². The first-order chi connectivity index (χ1) is 16.9. The first-order valence-electron chi connectivity index (χ1n) is 11.8. The summed E-state index contributed by atoms with van der Waals surface area (Å²) in [5, 5.41) is 3.73. The van der Waals surface area contributed by atoms with Crippen molar-refractivity contribution >= 4 is 28.6 Å². The van der Waals surface area contributed by atoms with Gasteiger partial charge < -0.3 is 10.3 Å². The van der Waals surface area contributed by atoms with E-state index < -0.39 is 17.5 Å². The third kappa shape index (κ3) is 3.53. The highest BCUT2D eigenvalue weighted by Gasteiger charge is 2.54. The molecule has 1 saturated heterocycles. The third-order valence-electron chi connectivity index (χ3n) is 7.04. The number of imide groups is 1. The van der Waals surface area contributed by atoms with Gasteiger partial charge in [0, 0.05) is 22.7 Å². The average molecular weight is 466 g/mol. The van der Waals surface area contributed by atoms with Crippen molar-refractivity contribution in [1.82, 2.24) is 15.2 Å². The van der Waals surface area contributed by atoms with Crippen molar-refractivity contribution in [3.63, 3.8) is 0 Å². The topological polar surface area (TPSA) is 82.3 Å². The Morgan fingerprint density at radius 2 is 1.69 bits per heavy atom. The number of amides is 3. The number of hydrogen-bond donors (Lipinski definition) is 2. The minimum Gasteiger partial charge on any atom is -0.360 e. The highest BCUT2D eigenvalue weighted by Crippen LogP contribution is 2.37. The summed E-state index contributed by atoms with van der Waals surface area (Å²) in [4.78, 5) is 44.8. The number of aromatic amines is 1. The lowest BCUT2D eigenvalue weighted by Crippen LogP contribution is -2.45. The summed E-state index contributed by atoms with van der Waals surface area (Å²) < 4.78 is 0. The number of para-hydroxylation sites is 1. The number of carbonyl (C=O) groups is 3. The van der Waals surface area contributed by atoms with Crippen LogP contribution < -0.4 is 5.32 Å². The van der Waals surface area contributed by atoms with Crippen LogP contribution in [0.4, 0.5) is 4.79 Å². The number of carbonyl (C=O) groups excluding carboxylic acids is 3. The molecule has 2 N–H and O–H groups in total. The molecule has 0 spiro atoms. The molecular formula is C29H27N3O3. The predicted octanol–water partition coefficient (Wildman–Crippen LogP) is 5.03. The van der Waals surface area contributed by atoms with Gasteiger partial charge in [-0.25, -0.2) is 4.79 Å². The second-order valence-electron chi connectivity index (χ2n) is 9.06. The van der Waals surface area contributed by atoms with Crippen LogP contribution >= 0.6 is 0 Å². The Kier molecular flexibility index (Phi) is 5.52. The molecule has 0 radical (unpaired) electrons. The monoisotopic (exact) mass is 465 g/mol. The zero-order valence-corrected chi connectivity index (χ0v) is 20.0. The molecule has 3 aromatic carbocycles. The van der Waals surface area contributed by atoms with Crippen molar-refractivity contribution < 1.29 is 14.4 Å². The summed E-state index contributed by atoms with van der Waals surface area (Å²) in [7, 11) is 0. The lowest BCUT2D eigenvalue weighted by Gasteiger charge is -2.28. The molecule has 3 amide bonds. The maximum Gasteiger partial charge on any atom is 0.325 e. The van der Waals surface area contributed by atoms with Crippen LogP contribution in [-0.2, 0) is 16.8 Å². The smallest absolute Gasteiger partial charge is 0.325 e. The number of aryl methyl sites for hydroxylation is 3. The van der Waals surface area contributed by atoms with E-state index in [0.717, 1.165) is 38.9 Å². The number of rotatable bonds is 6. The summed E-state index contributed by atoms with van der Waals surface area (Å²) >= 11 is 0. The molecular weight excluding hydrogens is 438 g/mol. The van der Waals surface area contributed by atoms with Crippen molar-refractivity contribution in [1.29, 1.82) is 0 Å². The second kappa shape index (κ2) is 8.55. The van der Waals surface area contributed by atoms with E-state index in [1.807, 2.05) is 80.6 Å². The number of hydrogen-bond acceptors (Lipinski definition) is 3. The number of fused-ring (bicyclic) bond motifs is 1. The maximum absolute atomic E-state index is 14.0. The van der Waals surface area contributed by atoms with Gasteiger partial charge in [0.15, 0.2) is 11.3 Å². The zero-order chi connectivity index (χ0) is 24.7. The van der Waals surface area contributed by atoms with Gasteiger partial charge in [-0.3, -0.25) is 14.5 Å². The van der Waals surface area contributed by atoms with Gasteiger partial charge in [0.05, 0.1) is 6.54 Å². The summed E-state index contributed by atoms with van der Waals surface area (Å²) in [6.45, 7) is 5.69. The molecule has 1 aliphatic rings. The van der Waals surface area contributed by atoms with Crippen LogP contribution in [0.25, 0.3) is 10.9 Å². The van der Waals surface area contributed by atoms with Crippen LogP contribution in [0.2, 0.25) is 0 Å². The fraction of sp³-hybridized carbons (Fsp3) is 0.207. The van der Waals surface area contributed by atoms with Gasteiger partial charge in [-0.1, -0.05) is 73.7 Å². The lowest BCUT2D eigenvalue weighted by atomic mass is 9.81. The van der Waals surface area contributed by atoms with Crippen LogP contribution in [-0.4, -0.2) is 34.2 Å². The molecule has 6 nitrogen and oxygen atoms in total. The van der Waals surface area contributed by atoms with Crippen molar-refractivity contribution in [2.75, 3.05) is 6.54 Å². The summed E-state index contributed by atoms with van der Waals surface area (Å²) in [6.07, 6.45) is 2.49. The van der Waals surface area contributed by atoms with Crippen LogP contribution in [0.1, 0.15) is 45.1 Å². The quantitative estimate of drug-likeness (QED) is 0.310. The number of benzene rings is 3. The summed E-state index contributed by atoms with van der Waals surface area (Å²) in [5.74, 6) is -0.753. The fourth-order valence-electron chi connectivity index (χ4n) is 4.91. The molecule has 4 aromatic rings. The van der Waals surface area contributed by atoms with Crippen molar-refractivity contribution in [2.45, 2.75) is 32.7 Å². The van der Waals surface area contributed by atoms with Gasteiger partial charge in [-0.15, -0.1) is 0 Å². The minimum absolute atomic E-state index is 0.294. The molecule has 6 heteroatoms. The highest BCUT2D eigenvalue weighted by molar-refractivity contribution is 6.15. The normalized spacial score (nSPS) is 17.7. The Bertz CT molecular complexity index is 1470. The summed E-state index contributed by atoms with van der Waals surface area (Å²) in [5.41, 5.74) is 4.51. The van der Waals surface area contributed by atoms with E-state index in [1.165, 1.54) is 0 Å². The number of aromatic nitrogens is 1. The van der Waals surface area contributed by atoms with Gasteiger partial charge in [0.25, 0.3) is 5.91 Å². The SMILES string of the molecule is CCc1cccc2c(C(=O)CN3C(=O)N[C@@](c4ccccc4)(c4ccc(C)c(C)c4)C3=O)c[nH]c12. The van der Waals surface area contributed by atoms with E-state index >= 15 is 0 Å². The fourth-order valence-corrected chi connectivity index (χ4v) is 4.91. The molecule has 1 aliphatic heterocycles. The minimum atomic E-state index is -1.40. The predicted molar refractivity (Wildman–Crippen MR) is 135 cm³/mol. The number of ketones is 1. The van der Waals surface area contributed by atoms with Crippen LogP contribution in [0.3, 0.4) is 0 Å². The van der Waals surface area contributed by atoms with E-state index in [9.17, 15) is 14.4 Å². The number of urea groups is 1. The van der Waals surface area contributed by atoms with Crippen LogP contribution in [0, 0.1) is 13.8 Å². The third-order valence-corrected chi connectivity index (χ3v) is 7.04. The second-order valence-corrected chi connectivity index (χ2v) is 9.06. The number of nitrogens with one attached hydrogen (secondary N) is 2. The average Bonchev–Trinajstić information content (AvgIpc) is 3.41.